The molecule has 0 aromatic heterocycles. The van der Waals surface area contributed by atoms with E-state index < -0.39 is 0 Å². The van der Waals surface area contributed by atoms with Gasteiger partial charge in [-0.15, -0.1) is 0 Å². The van der Waals surface area contributed by atoms with Gasteiger partial charge in [-0.1, -0.05) is 43.7 Å². The second kappa shape index (κ2) is 8.32. The summed E-state index contributed by atoms with van der Waals surface area (Å²) in [5.74, 6) is 1.24. The van der Waals surface area contributed by atoms with E-state index in [0.29, 0.717) is 24.4 Å². The molecule has 1 aromatic carbocycles. The minimum Gasteiger partial charge on any atom is -0.351 e. The zero-order chi connectivity index (χ0) is 14.2. The van der Waals surface area contributed by atoms with E-state index in [1.807, 2.05) is 42.1 Å². The van der Waals surface area contributed by atoms with Gasteiger partial charge in [0.05, 0.1) is 6.54 Å². The number of thioether (sulfide) groups is 1. The number of hydrogen-bond acceptors (Lipinski definition) is 3. The van der Waals surface area contributed by atoms with Crippen molar-refractivity contribution in [2.24, 2.45) is 0 Å². The summed E-state index contributed by atoms with van der Waals surface area (Å²) in [6.07, 6.45) is 3.76. The summed E-state index contributed by atoms with van der Waals surface area (Å²) < 4.78 is 0. The third kappa shape index (κ3) is 4.84. The molecule has 2 atom stereocenters. The molecular formula is C16H24N2OS. The molecule has 1 saturated carbocycles. The standard InChI is InChI=1S/C16H24N2OS/c1-2-20-15-10-6-9-14(15)17-12-16(19)18-11-13-7-4-3-5-8-13/h3-5,7-8,14-15,17H,2,6,9-12H2,1H3,(H,18,19)/t14-,15+/m1/s1. The summed E-state index contributed by atoms with van der Waals surface area (Å²) in [6.45, 7) is 3.24. The van der Waals surface area contributed by atoms with Gasteiger partial charge in [-0.05, 0) is 24.2 Å². The van der Waals surface area contributed by atoms with Crippen molar-refractivity contribution in [3.05, 3.63) is 35.9 Å². The van der Waals surface area contributed by atoms with E-state index in [2.05, 4.69) is 17.6 Å². The Morgan fingerprint density at radius 2 is 2.10 bits per heavy atom. The Morgan fingerprint density at radius 3 is 2.85 bits per heavy atom. The maximum absolute atomic E-state index is 11.9. The molecule has 1 aliphatic rings. The fraction of sp³-hybridized carbons (Fsp3) is 0.562. The van der Waals surface area contributed by atoms with Gasteiger partial charge in [0.15, 0.2) is 0 Å². The lowest BCUT2D eigenvalue weighted by Crippen LogP contribution is -2.41. The Kier molecular flexibility index (Phi) is 6.40. The van der Waals surface area contributed by atoms with Crippen molar-refractivity contribution < 1.29 is 4.79 Å². The molecular weight excluding hydrogens is 268 g/mol. The van der Waals surface area contributed by atoms with Gasteiger partial charge in [0, 0.05) is 17.8 Å². The van der Waals surface area contributed by atoms with Crippen molar-refractivity contribution >= 4 is 17.7 Å². The third-order valence-electron chi connectivity index (χ3n) is 3.69. The number of carbonyl (C=O) groups is 1. The highest BCUT2D eigenvalue weighted by atomic mass is 32.2. The Balaban J connectivity index is 1.67. The van der Waals surface area contributed by atoms with Gasteiger partial charge in [-0.3, -0.25) is 4.79 Å². The van der Waals surface area contributed by atoms with Crippen molar-refractivity contribution in [3.8, 4) is 0 Å². The molecule has 0 unspecified atom stereocenters. The van der Waals surface area contributed by atoms with Crippen LogP contribution in [0, 0.1) is 0 Å². The monoisotopic (exact) mass is 292 g/mol. The van der Waals surface area contributed by atoms with Gasteiger partial charge in [0.2, 0.25) is 5.91 Å². The van der Waals surface area contributed by atoms with Crippen LogP contribution >= 0.6 is 11.8 Å². The average Bonchev–Trinajstić information content (AvgIpc) is 2.92. The average molecular weight is 292 g/mol. The second-order valence-electron chi connectivity index (χ2n) is 5.17. The van der Waals surface area contributed by atoms with E-state index in [9.17, 15) is 4.79 Å². The quantitative estimate of drug-likeness (QED) is 0.811. The predicted octanol–water partition coefficient (Wildman–Crippen LogP) is 2.57. The van der Waals surface area contributed by atoms with Crippen molar-refractivity contribution in [2.75, 3.05) is 12.3 Å². The summed E-state index contributed by atoms with van der Waals surface area (Å²) in [5.41, 5.74) is 1.14. The van der Waals surface area contributed by atoms with Crippen LogP contribution in [0.5, 0.6) is 0 Å². The number of rotatable bonds is 7. The van der Waals surface area contributed by atoms with Crippen LogP contribution < -0.4 is 10.6 Å². The van der Waals surface area contributed by atoms with Crippen LogP contribution in [0.2, 0.25) is 0 Å². The second-order valence-corrected chi connectivity index (χ2v) is 6.69. The van der Waals surface area contributed by atoms with Gasteiger partial charge in [-0.2, -0.15) is 11.8 Å². The van der Waals surface area contributed by atoms with Crippen LogP contribution in [0.4, 0.5) is 0 Å². The van der Waals surface area contributed by atoms with Crippen LogP contribution in [0.15, 0.2) is 30.3 Å². The SMILES string of the molecule is CCS[C@H]1CCC[C@H]1NCC(=O)NCc1ccccc1. The van der Waals surface area contributed by atoms with Gasteiger partial charge in [0.1, 0.15) is 0 Å². The summed E-state index contributed by atoms with van der Waals surface area (Å²) in [7, 11) is 0. The lowest BCUT2D eigenvalue weighted by molar-refractivity contribution is -0.120. The van der Waals surface area contributed by atoms with E-state index in [1.54, 1.807) is 0 Å². The van der Waals surface area contributed by atoms with E-state index >= 15 is 0 Å². The summed E-state index contributed by atoms with van der Waals surface area (Å²) >= 11 is 2.01. The van der Waals surface area contributed by atoms with Crippen molar-refractivity contribution in [2.45, 2.75) is 44.0 Å². The molecule has 1 amide bonds. The number of nitrogens with one attached hydrogen (secondary N) is 2. The molecule has 0 radical (unpaired) electrons. The minimum atomic E-state index is 0.0843. The van der Waals surface area contributed by atoms with Crippen LogP contribution in [0.1, 0.15) is 31.7 Å². The maximum Gasteiger partial charge on any atom is 0.234 e. The van der Waals surface area contributed by atoms with Crippen LogP contribution in [0.3, 0.4) is 0 Å². The lowest BCUT2D eigenvalue weighted by atomic mass is 10.2. The molecule has 0 aliphatic heterocycles. The normalized spacial score (nSPS) is 21.9. The number of benzene rings is 1. The van der Waals surface area contributed by atoms with E-state index in [1.165, 1.54) is 19.3 Å². The molecule has 3 nitrogen and oxygen atoms in total. The molecule has 0 heterocycles. The van der Waals surface area contributed by atoms with Gasteiger partial charge >= 0.3 is 0 Å². The summed E-state index contributed by atoms with van der Waals surface area (Å²) in [4.78, 5) is 11.9. The molecule has 2 rings (SSSR count). The molecule has 20 heavy (non-hydrogen) atoms. The first-order chi connectivity index (χ1) is 9.79. The molecule has 0 bridgehead atoms. The van der Waals surface area contributed by atoms with E-state index in [4.69, 9.17) is 0 Å². The topological polar surface area (TPSA) is 41.1 Å². The van der Waals surface area contributed by atoms with E-state index in [0.717, 1.165) is 11.3 Å². The first-order valence-electron chi connectivity index (χ1n) is 7.45. The fourth-order valence-electron chi connectivity index (χ4n) is 2.66. The highest BCUT2D eigenvalue weighted by Crippen LogP contribution is 2.29. The van der Waals surface area contributed by atoms with Crippen LogP contribution in [-0.4, -0.2) is 29.5 Å². The number of amides is 1. The first kappa shape index (κ1) is 15.4. The Bertz CT molecular complexity index is 410. The lowest BCUT2D eigenvalue weighted by Gasteiger charge is -2.19. The minimum absolute atomic E-state index is 0.0843. The smallest absolute Gasteiger partial charge is 0.234 e. The van der Waals surface area contributed by atoms with Crippen molar-refractivity contribution in [1.82, 2.24) is 10.6 Å². The van der Waals surface area contributed by atoms with Gasteiger partial charge in [0.25, 0.3) is 0 Å². The van der Waals surface area contributed by atoms with Crippen LogP contribution in [-0.2, 0) is 11.3 Å². The molecule has 0 spiro atoms. The van der Waals surface area contributed by atoms with Crippen LogP contribution in [0.25, 0.3) is 0 Å². The first-order valence-corrected chi connectivity index (χ1v) is 8.50. The van der Waals surface area contributed by atoms with Gasteiger partial charge < -0.3 is 10.6 Å². The molecule has 1 aromatic rings. The molecule has 2 N–H and O–H groups in total. The fourth-order valence-corrected chi connectivity index (χ4v) is 3.88. The zero-order valence-electron chi connectivity index (χ0n) is 12.1. The van der Waals surface area contributed by atoms with Crippen molar-refractivity contribution in [1.29, 1.82) is 0 Å². The highest BCUT2D eigenvalue weighted by Gasteiger charge is 2.26. The Hall–Kier alpha value is -1.00. The Morgan fingerprint density at radius 1 is 1.30 bits per heavy atom. The maximum atomic E-state index is 11.9. The molecule has 110 valence electrons. The zero-order valence-corrected chi connectivity index (χ0v) is 12.9. The molecule has 1 aliphatic carbocycles. The largest absolute Gasteiger partial charge is 0.351 e. The summed E-state index contributed by atoms with van der Waals surface area (Å²) in [6, 6.07) is 10.5. The molecule has 1 fully saturated rings. The van der Waals surface area contributed by atoms with E-state index in [-0.39, 0.29) is 5.91 Å². The molecule has 4 heteroatoms. The van der Waals surface area contributed by atoms with Gasteiger partial charge in [-0.25, -0.2) is 0 Å². The number of hydrogen-bond donors (Lipinski definition) is 2. The molecule has 0 saturated heterocycles. The highest BCUT2D eigenvalue weighted by molar-refractivity contribution is 7.99. The Labute approximate surface area is 125 Å². The summed E-state index contributed by atoms with van der Waals surface area (Å²) in [5, 5.41) is 7.06. The number of carbonyl (C=O) groups excluding carboxylic acids is 1. The third-order valence-corrected chi connectivity index (χ3v) is 5.02. The van der Waals surface area contributed by atoms with Crippen molar-refractivity contribution in [3.63, 3.8) is 0 Å². The predicted molar refractivity (Wildman–Crippen MR) is 85.9 cm³/mol.